The predicted octanol–water partition coefficient (Wildman–Crippen LogP) is 1.65. The first kappa shape index (κ1) is 12.4. The molecule has 0 bridgehead atoms. The van der Waals surface area contributed by atoms with E-state index in [-0.39, 0.29) is 0 Å². The van der Waals surface area contributed by atoms with Gasteiger partial charge in [-0.15, -0.1) is 0 Å². The van der Waals surface area contributed by atoms with Gasteiger partial charge in [-0.05, 0) is 38.0 Å². The number of aromatic nitrogens is 3. The summed E-state index contributed by atoms with van der Waals surface area (Å²) < 4.78 is 0. The number of nitrogens with zero attached hydrogens (tertiary/aromatic N) is 4. The Labute approximate surface area is 113 Å². The van der Waals surface area contributed by atoms with Crippen molar-refractivity contribution in [3.63, 3.8) is 0 Å². The highest BCUT2D eigenvalue weighted by Crippen LogP contribution is 2.27. The fourth-order valence-electron chi connectivity index (χ4n) is 3.02. The lowest BCUT2D eigenvalue weighted by Crippen LogP contribution is -2.24. The highest BCUT2D eigenvalue weighted by molar-refractivity contribution is 5.42. The number of anilines is 3. The van der Waals surface area contributed by atoms with Crippen LogP contribution in [-0.2, 0) is 0 Å². The standard InChI is InChI=1S/C13H22N6/c1-9-4-5-10(8-9)15-12-16-11(14)17-13(18-12)19-6-2-3-7-19/h9-10H,2-8H2,1H3,(H3,14,15,16,17,18). The molecule has 0 amide bonds. The Morgan fingerprint density at radius 1 is 1.16 bits per heavy atom. The molecular weight excluding hydrogens is 240 g/mol. The second-order valence-electron chi connectivity index (χ2n) is 5.77. The van der Waals surface area contributed by atoms with Crippen molar-refractivity contribution < 1.29 is 0 Å². The van der Waals surface area contributed by atoms with Crippen LogP contribution >= 0.6 is 0 Å². The van der Waals surface area contributed by atoms with E-state index >= 15 is 0 Å². The van der Waals surface area contributed by atoms with Crippen LogP contribution in [0.15, 0.2) is 0 Å². The van der Waals surface area contributed by atoms with E-state index in [0.717, 1.165) is 25.0 Å². The molecule has 3 N–H and O–H groups in total. The smallest absolute Gasteiger partial charge is 0.231 e. The Kier molecular flexibility index (Phi) is 3.40. The van der Waals surface area contributed by atoms with Crippen LogP contribution in [0.2, 0.25) is 0 Å². The fourth-order valence-corrected chi connectivity index (χ4v) is 3.02. The second-order valence-corrected chi connectivity index (χ2v) is 5.77. The number of rotatable bonds is 3. The molecule has 0 aromatic carbocycles. The topological polar surface area (TPSA) is 80.0 Å². The molecule has 104 valence electrons. The summed E-state index contributed by atoms with van der Waals surface area (Å²) in [5.41, 5.74) is 5.80. The molecule has 1 saturated carbocycles. The monoisotopic (exact) mass is 262 g/mol. The maximum atomic E-state index is 5.80. The lowest BCUT2D eigenvalue weighted by atomic mass is 10.1. The third-order valence-electron chi connectivity index (χ3n) is 4.06. The van der Waals surface area contributed by atoms with Crippen molar-refractivity contribution in [2.75, 3.05) is 29.0 Å². The normalized spacial score (nSPS) is 26.9. The molecule has 2 atom stereocenters. The molecular formula is C13H22N6. The first-order valence-electron chi connectivity index (χ1n) is 7.24. The molecule has 2 fully saturated rings. The number of hydrogen-bond acceptors (Lipinski definition) is 6. The third kappa shape index (κ3) is 2.88. The van der Waals surface area contributed by atoms with Gasteiger partial charge < -0.3 is 16.0 Å². The van der Waals surface area contributed by atoms with Gasteiger partial charge in [-0.2, -0.15) is 15.0 Å². The van der Waals surface area contributed by atoms with Crippen molar-refractivity contribution in [1.29, 1.82) is 0 Å². The molecule has 2 aliphatic rings. The Morgan fingerprint density at radius 3 is 2.63 bits per heavy atom. The van der Waals surface area contributed by atoms with Crippen molar-refractivity contribution in [3.05, 3.63) is 0 Å². The molecule has 2 unspecified atom stereocenters. The highest BCUT2D eigenvalue weighted by atomic mass is 15.3. The minimum atomic E-state index is 0.311. The quantitative estimate of drug-likeness (QED) is 0.862. The van der Waals surface area contributed by atoms with Gasteiger partial charge in [0.1, 0.15) is 0 Å². The van der Waals surface area contributed by atoms with Gasteiger partial charge in [0.05, 0.1) is 0 Å². The fraction of sp³-hybridized carbons (Fsp3) is 0.769. The lowest BCUT2D eigenvalue weighted by Gasteiger charge is -2.17. The van der Waals surface area contributed by atoms with Crippen molar-refractivity contribution in [2.45, 2.75) is 45.1 Å². The summed E-state index contributed by atoms with van der Waals surface area (Å²) in [4.78, 5) is 15.2. The minimum Gasteiger partial charge on any atom is -0.368 e. The van der Waals surface area contributed by atoms with Gasteiger partial charge in [-0.1, -0.05) is 6.92 Å². The summed E-state index contributed by atoms with van der Waals surface area (Å²) in [7, 11) is 0. The molecule has 1 saturated heterocycles. The van der Waals surface area contributed by atoms with Gasteiger partial charge in [0.15, 0.2) is 0 Å². The summed E-state index contributed by atoms with van der Waals surface area (Å²) in [5, 5.41) is 3.41. The van der Waals surface area contributed by atoms with E-state index in [0.29, 0.717) is 17.9 Å². The zero-order valence-electron chi connectivity index (χ0n) is 11.5. The van der Waals surface area contributed by atoms with Crippen molar-refractivity contribution in [1.82, 2.24) is 15.0 Å². The summed E-state index contributed by atoms with van der Waals surface area (Å²) in [5.74, 6) is 2.45. The van der Waals surface area contributed by atoms with Crippen LogP contribution in [0.25, 0.3) is 0 Å². The Balaban J connectivity index is 1.73. The predicted molar refractivity (Wildman–Crippen MR) is 76.1 cm³/mol. The van der Waals surface area contributed by atoms with Crippen molar-refractivity contribution >= 4 is 17.8 Å². The van der Waals surface area contributed by atoms with Gasteiger partial charge in [0.25, 0.3) is 0 Å². The van der Waals surface area contributed by atoms with Crippen molar-refractivity contribution in [2.24, 2.45) is 5.92 Å². The largest absolute Gasteiger partial charge is 0.368 e. The molecule has 1 aromatic heterocycles. The van der Waals surface area contributed by atoms with Crippen LogP contribution < -0.4 is 16.0 Å². The molecule has 1 aromatic rings. The van der Waals surface area contributed by atoms with Crippen LogP contribution in [0.5, 0.6) is 0 Å². The van der Waals surface area contributed by atoms with Gasteiger partial charge in [-0.25, -0.2) is 0 Å². The number of hydrogen-bond donors (Lipinski definition) is 2. The number of nitrogens with two attached hydrogens (primary N) is 1. The van der Waals surface area contributed by atoms with Gasteiger partial charge >= 0.3 is 0 Å². The van der Waals surface area contributed by atoms with Gasteiger partial charge in [0, 0.05) is 19.1 Å². The first-order valence-corrected chi connectivity index (χ1v) is 7.24. The van der Waals surface area contributed by atoms with Gasteiger partial charge in [0.2, 0.25) is 17.8 Å². The molecule has 1 aliphatic heterocycles. The lowest BCUT2D eigenvalue weighted by molar-refractivity contribution is 0.601. The Morgan fingerprint density at radius 2 is 1.95 bits per heavy atom. The molecule has 0 radical (unpaired) electrons. The average Bonchev–Trinajstić information content (AvgIpc) is 3.00. The Hall–Kier alpha value is -1.59. The molecule has 1 aliphatic carbocycles. The van der Waals surface area contributed by atoms with Crippen LogP contribution in [-0.4, -0.2) is 34.1 Å². The van der Waals surface area contributed by atoms with Crippen molar-refractivity contribution in [3.8, 4) is 0 Å². The second kappa shape index (κ2) is 5.19. The zero-order chi connectivity index (χ0) is 13.2. The SMILES string of the molecule is CC1CCC(Nc2nc(N)nc(N3CCCC3)n2)C1. The molecule has 6 heteroatoms. The van der Waals surface area contributed by atoms with Crippen LogP contribution in [0.3, 0.4) is 0 Å². The van der Waals surface area contributed by atoms with Gasteiger partial charge in [-0.3, -0.25) is 0 Å². The first-order chi connectivity index (χ1) is 9.20. The minimum absolute atomic E-state index is 0.311. The number of nitrogen functional groups attached to an aromatic ring is 1. The van der Waals surface area contributed by atoms with E-state index in [4.69, 9.17) is 5.73 Å². The summed E-state index contributed by atoms with van der Waals surface area (Å²) >= 11 is 0. The van der Waals surface area contributed by atoms with E-state index in [9.17, 15) is 0 Å². The molecule has 19 heavy (non-hydrogen) atoms. The Bertz CT molecular complexity index is 443. The summed E-state index contributed by atoms with van der Waals surface area (Å²) in [6, 6.07) is 0.475. The van der Waals surface area contributed by atoms with Crippen LogP contribution in [0.1, 0.15) is 39.0 Å². The maximum absolute atomic E-state index is 5.80. The van der Waals surface area contributed by atoms with E-state index < -0.39 is 0 Å². The molecule has 2 heterocycles. The third-order valence-corrected chi connectivity index (χ3v) is 4.06. The summed E-state index contributed by atoms with van der Waals surface area (Å²) in [6.07, 6.45) is 6.05. The van der Waals surface area contributed by atoms with E-state index in [1.54, 1.807) is 0 Å². The molecule has 3 rings (SSSR count). The molecule has 6 nitrogen and oxygen atoms in total. The van der Waals surface area contributed by atoms with E-state index in [1.165, 1.54) is 32.1 Å². The van der Waals surface area contributed by atoms with E-state index in [2.05, 4.69) is 32.1 Å². The highest BCUT2D eigenvalue weighted by Gasteiger charge is 2.23. The van der Waals surface area contributed by atoms with E-state index in [1.807, 2.05) is 0 Å². The van der Waals surface area contributed by atoms with Crippen LogP contribution in [0.4, 0.5) is 17.8 Å². The summed E-state index contributed by atoms with van der Waals surface area (Å²) in [6.45, 7) is 4.33. The number of nitrogens with one attached hydrogen (secondary N) is 1. The molecule has 0 spiro atoms. The van der Waals surface area contributed by atoms with Crippen LogP contribution in [0, 0.1) is 5.92 Å². The maximum Gasteiger partial charge on any atom is 0.231 e. The average molecular weight is 262 g/mol. The zero-order valence-corrected chi connectivity index (χ0v) is 11.5.